The Hall–Kier alpha value is -1.59. The predicted molar refractivity (Wildman–Crippen MR) is 90.5 cm³/mol. The Labute approximate surface area is 133 Å². The van der Waals surface area contributed by atoms with Gasteiger partial charge in [0, 0.05) is 38.2 Å². The zero-order chi connectivity index (χ0) is 15.6. The fraction of sp³-hybridized carbons (Fsp3) is 0.588. The summed E-state index contributed by atoms with van der Waals surface area (Å²) in [6.07, 6.45) is 4.79. The minimum absolute atomic E-state index is 0.0110. The Bertz CT molecular complexity index is 442. The molecule has 1 heterocycles. The number of hydrogen-bond donors (Lipinski definition) is 2. The van der Waals surface area contributed by atoms with E-state index in [4.69, 9.17) is 4.74 Å². The molecule has 1 fully saturated rings. The number of hydrogen-bond acceptors (Lipinski definition) is 4. The molecule has 1 amide bonds. The first-order valence-corrected chi connectivity index (χ1v) is 8.14. The Morgan fingerprint density at radius 3 is 2.59 bits per heavy atom. The lowest BCUT2D eigenvalue weighted by atomic mass is 10.1. The van der Waals surface area contributed by atoms with Crippen molar-refractivity contribution in [2.24, 2.45) is 0 Å². The van der Waals surface area contributed by atoms with Crippen LogP contribution in [0, 0.1) is 0 Å². The van der Waals surface area contributed by atoms with Crippen molar-refractivity contribution in [2.75, 3.05) is 50.1 Å². The highest BCUT2D eigenvalue weighted by Gasteiger charge is 2.10. The highest BCUT2D eigenvalue weighted by Crippen LogP contribution is 2.21. The van der Waals surface area contributed by atoms with Gasteiger partial charge in [-0.15, -0.1) is 0 Å². The van der Waals surface area contributed by atoms with Crippen molar-refractivity contribution in [3.05, 3.63) is 24.3 Å². The third-order valence-corrected chi connectivity index (χ3v) is 3.86. The molecule has 122 valence electrons. The molecule has 5 nitrogen and oxygen atoms in total. The zero-order valence-corrected chi connectivity index (χ0v) is 13.4. The summed E-state index contributed by atoms with van der Waals surface area (Å²) in [4.78, 5) is 14.2. The van der Waals surface area contributed by atoms with E-state index in [0.717, 1.165) is 31.7 Å². The first-order valence-electron chi connectivity index (χ1n) is 8.14. The Morgan fingerprint density at radius 1 is 1.18 bits per heavy atom. The predicted octanol–water partition coefficient (Wildman–Crippen LogP) is 2.24. The number of benzene rings is 1. The minimum Gasteiger partial charge on any atom is -0.385 e. The molecule has 5 heteroatoms. The van der Waals surface area contributed by atoms with Gasteiger partial charge in [0.1, 0.15) is 0 Å². The van der Waals surface area contributed by atoms with E-state index in [0.29, 0.717) is 13.2 Å². The van der Waals surface area contributed by atoms with E-state index >= 15 is 0 Å². The highest BCUT2D eigenvalue weighted by molar-refractivity contribution is 5.92. The molecule has 2 rings (SSSR count). The summed E-state index contributed by atoms with van der Waals surface area (Å²) in [7, 11) is 1.68. The molecule has 0 bridgehead atoms. The minimum atomic E-state index is -0.0110. The van der Waals surface area contributed by atoms with Gasteiger partial charge in [-0.1, -0.05) is 0 Å². The number of carbonyl (C=O) groups excluding carboxylic acids is 1. The quantitative estimate of drug-likeness (QED) is 0.723. The van der Waals surface area contributed by atoms with Crippen LogP contribution in [0.1, 0.15) is 25.7 Å². The first kappa shape index (κ1) is 16.8. The van der Waals surface area contributed by atoms with Crippen LogP contribution in [0.3, 0.4) is 0 Å². The summed E-state index contributed by atoms with van der Waals surface area (Å²) in [6, 6.07) is 8.14. The van der Waals surface area contributed by atoms with Crippen LogP contribution in [-0.2, 0) is 9.53 Å². The van der Waals surface area contributed by atoms with Crippen LogP contribution in [0.4, 0.5) is 11.4 Å². The fourth-order valence-electron chi connectivity index (χ4n) is 2.66. The van der Waals surface area contributed by atoms with Gasteiger partial charge < -0.3 is 20.3 Å². The second-order valence-electron chi connectivity index (χ2n) is 5.67. The normalized spacial score (nSPS) is 14.9. The smallest absolute Gasteiger partial charge is 0.238 e. The van der Waals surface area contributed by atoms with Crippen LogP contribution in [0.15, 0.2) is 24.3 Å². The van der Waals surface area contributed by atoms with E-state index in [2.05, 4.69) is 27.7 Å². The maximum atomic E-state index is 11.8. The maximum absolute atomic E-state index is 11.8. The van der Waals surface area contributed by atoms with E-state index in [9.17, 15) is 4.79 Å². The van der Waals surface area contributed by atoms with Crippen molar-refractivity contribution in [1.82, 2.24) is 5.32 Å². The van der Waals surface area contributed by atoms with Gasteiger partial charge in [0.05, 0.1) is 6.54 Å². The van der Waals surface area contributed by atoms with Gasteiger partial charge in [0.2, 0.25) is 5.91 Å². The molecule has 0 aliphatic carbocycles. The molecule has 2 N–H and O–H groups in total. The molecule has 0 radical (unpaired) electrons. The second-order valence-corrected chi connectivity index (χ2v) is 5.67. The van der Waals surface area contributed by atoms with Gasteiger partial charge >= 0.3 is 0 Å². The number of piperidine rings is 1. The number of nitrogens with zero attached hydrogens (tertiary/aromatic N) is 1. The lowest BCUT2D eigenvalue weighted by Crippen LogP contribution is -2.30. The van der Waals surface area contributed by atoms with Crippen LogP contribution in [0.5, 0.6) is 0 Å². The van der Waals surface area contributed by atoms with Crippen LogP contribution in [0.2, 0.25) is 0 Å². The number of anilines is 2. The molecule has 0 atom stereocenters. The maximum Gasteiger partial charge on any atom is 0.238 e. The summed E-state index contributed by atoms with van der Waals surface area (Å²) < 4.78 is 4.96. The topological polar surface area (TPSA) is 53.6 Å². The van der Waals surface area contributed by atoms with Crippen LogP contribution >= 0.6 is 0 Å². The molecule has 0 spiro atoms. The van der Waals surface area contributed by atoms with Crippen molar-refractivity contribution in [1.29, 1.82) is 0 Å². The fourth-order valence-corrected chi connectivity index (χ4v) is 2.66. The molecule has 0 aromatic heterocycles. The van der Waals surface area contributed by atoms with E-state index in [1.807, 2.05) is 12.1 Å². The summed E-state index contributed by atoms with van der Waals surface area (Å²) in [5.74, 6) is -0.0110. The number of carbonyl (C=O) groups is 1. The molecule has 0 saturated carbocycles. The molecule has 1 aliphatic rings. The van der Waals surface area contributed by atoms with E-state index in [1.54, 1.807) is 7.11 Å². The summed E-state index contributed by atoms with van der Waals surface area (Å²) >= 11 is 0. The zero-order valence-electron chi connectivity index (χ0n) is 13.4. The Morgan fingerprint density at radius 2 is 1.91 bits per heavy atom. The van der Waals surface area contributed by atoms with Crippen LogP contribution in [-0.4, -0.2) is 45.8 Å². The SMILES string of the molecule is COCCCNCC(=O)Nc1ccc(N2CCCCC2)cc1. The third kappa shape index (κ3) is 5.66. The second kappa shape index (κ2) is 9.43. The molecular formula is C17H27N3O2. The number of ether oxygens (including phenoxy) is 1. The van der Waals surface area contributed by atoms with Gasteiger partial charge in [-0.05, 0) is 56.5 Å². The standard InChI is InChI=1S/C17H27N3O2/c1-22-13-5-10-18-14-17(21)19-15-6-8-16(9-7-15)20-11-3-2-4-12-20/h6-9,18H,2-5,10-14H2,1H3,(H,19,21). The van der Waals surface area contributed by atoms with Gasteiger partial charge in [0.25, 0.3) is 0 Å². The number of rotatable bonds is 8. The summed E-state index contributed by atoms with van der Waals surface area (Å²) in [5.41, 5.74) is 2.10. The monoisotopic (exact) mass is 305 g/mol. The molecule has 1 aliphatic heterocycles. The van der Waals surface area contributed by atoms with Gasteiger partial charge in [-0.3, -0.25) is 4.79 Å². The largest absolute Gasteiger partial charge is 0.385 e. The third-order valence-electron chi connectivity index (χ3n) is 3.86. The molecule has 22 heavy (non-hydrogen) atoms. The molecular weight excluding hydrogens is 278 g/mol. The molecule has 0 unspecified atom stereocenters. The van der Waals surface area contributed by atoms with E-state index < -0.39 is 0 Å². The van der Waals surface area contributed by atoms with Gasteiger partial charge in [0.15, 0.2) is 0 Å². The van der Waals surface area contributed by atoms with E-state index in [-0.39, 0.29) is 5.91 Å². The number of amides is 1. The molecule has 1 saturated heterocycles. The number of methoxy groups -OCH3 is 1. The molecule has 1 aromatic carbocycles. The van der Waals surface area contributed by atoms with Crippen molar-refractivity contribution in [3.8, 4) is 0 Å². The summed E-state index contributed by atoms with van der Waals surface area (Å²) in [5, 5.41) is 6.01. The lowest BCUT2D eigenvalue weighted by Gasteiger charge is -2.28. The lowest BCUT2D eigenvalue weighted by molar-refractivity contribution is -0.115. The van der Waals surface area contributed by atoms with Gasteiger partial charge in [-0.2, -0.15) is 0 Å². The Kier molecular flexibility index (Phi) is 7.19. The summed E-state index contributed by atoms with van der Waals surface area (Å²) in [6.45, 7) is 4.10. The Balaban J connectivity index is 1.72. The van der Waals surface area contributed by atoms with Crippen molar-refractivity contribution in [2.45, 2.75) is 25.7 Å². The molecule has 1 aromatic rings. The van der Waals surface area contributed by atoms with Crippen molar-refractivity contribution >= 4 is 17.3 Å². The van der Waals surface area contributed by atoms with Crippen LogP contribution in [0.25, 0.3) is 0 Å². The number of nitrogens with one attached hydrogen (secondary N) is 2. The average Bonchev–Trinajstić information content (AvgIpc) is 2.56. The average molecular weight is 305 g/mol. The van der Waals surface area contributed by atoms with Crippen LogP contribution < -0.4 is 15.5 Å². The highest BCUT2D eigenvalue weighted by atomic mass is 16.5. The first-order chi connectivity index (χ1) is 10.8. The van der Waals surface area contributed by atoms with Crippen molar-refractivity contribution in [3.63, 3.8) is 0 Å². The van der Waals surface area contributed by atoms with Crippen molar-refractivity contribution < 1.29 is 9.53 Å². The van der Waals surface area contributed by atoms with Gasteiger partial charge in [-0.25, -0.2) is 0 Å². The van der Waals surface area contributed by atoms with E-state index in [1.165, 1.54) is 24.9 Å².